The first-order valence-corrected chi connectivity index (χ1v) is 6.38. The highest BCUT2D eigenvalue weighted by molar-refractivity contribution is 5.82. The molecule has 2 unspecified atom stereocenters. The molecule has 1 saturated heterocycles. The molecule has 1 amide bonds. The highest BCUT2D eigenvalue weighted by Gasteiger charge is 2.33. The van der Waals surface area contributed by atoms with Crippen LogP contribution in [0.3, 0.4) is 0 Å². The average Bonchev–Trinajstić information content (AvgIpc) is 2.81. The Kier molecular flexibility index (Phi) is 3.82. The predicted octanol–water partition coefficient (Wildman–Crippen LogP) is 0.500. The number of rotatable bonds is 2. The number of likely N-dealkylation sites (N-methyl/N-ethyl adjacent to an activating group) is 1. The van der Waals surface area contributed by atoms with E-state index in [4.69, 9.17) is 0 Å². The van der Waals surface area contributed by atoms with Crippen LogP contribution in [-0.2, 0) is 4.79 Å². The molecule has 16 heavy (non-hydrogen) atoms. The Labute approximate surface area is 97.0 Å². The van der Waals surface area contributed by atoms with Crippen LogP contribution in [0.1, 0.15) is 38.5 Å². The van der Waals surface area contributed by atoms with Gasteiger partial charge in [0.2, 0.25) is 5.91 Å². The molecule has 4 nitrogen and oxygen atoms in total. The van der Waals surface area contributed by atoms with Gasteiger partial charge in [-0.1, -0.05) is 12.8 Å². The van der Waals surface area contributed by atoms with Crippen molar-refractivity contribution in [3.8, 4) is 0 Å². The van der Waals surface area contributed by atoms with Crippen molar-refractivity contribution < 1.29 is 9.90 Å². The third kappa shape index (κ3) is 2.38. The number of hydrogen-bond donors (Lipinski definition) is 2. The van der Waals surface area contributed by atoms with Crippen molar-refractivity contribution in [2.45, 2.75) is 56.7 Å². The van der Waals surface area contributed by atoms with Crippen LogP contribution in [0.25, 0.3) is 0 Å². The minimum atomic E-state index is -0.330. The van der Waals surface area contributed by atoms with E-state index in [9.17, 15) is 9.90 Å². The second-order valence-electron chi connectivity index (χ2n) is 5.02. The van der Waals surface area contributed by atoms with Crippen molar-refractivity contribution >= 4 is 5.91 Å². The number of aliphatic hydroxyl groups is 1. The van der Waals surface area contributed by atoms with Crippen LogP contribution in [0.4, 0.5) is 0 Å². The molecule has 1 heterocycles. The van der Waals surface area contributed by atoms with Crippen LogP contribution in [-0.4, -0.2) is 47.7 Å². The van der Waals surface area contributed by atoms with Crippen molar-refractivity contribution in [3.63, 3.8) is 0 Å². The quantitative estimate of drug-likeness (QED) is 0.721. The number of carbonyl (C=O) groups excluding carboxylic acids is 1. The second kappa shape index (κ2) is 5.15. The Bertz CT molecular complexity index is 251. The molecule has 0 aromatic heterocycles. The molecule has 4 heteroatoms. The second-order valence-corrected chi connectivity index (χ2v) is 5.02. The molecule has 0 bridgehead atoms. The number of aliphatic hydroxyl groups excluding tert-OH is 1. The molecule has 2 aliphatic rings. The lowest BCUT2D eigenvalue weighted by molar-refractivity contribution is -0.137. The van der Waals surface area contributed by atoms with E-state index in [1.165, 1.54) is 0 Å². The van der Waals surface area contributed by atoms with E-state index in [-0.39, 0.29) is 24.1 Å². The third-order valence-electron chi connectivity index (χ3n) is 3.90. The number of nitrogens with zero attached hydrogens (tertiary/aromatic N) is 1. The van der Waals surface area contributed by atoms with E-state index in [1.54, 1.807) is 4.90 Å². The van der Waals surface area contributed by atoms with Crippen LogP contribution in [0, 0.1) is 0 Å². The maximum atomic E-state index is 12.1. The summed E-state index contributed by atoms with van der Waals surface area (Å²) in [5.74, 6) is 0.156. The highest BCUT2D eigenvalue weighted by atomic mass is 16.3. The van der Waals surface area contributed by atoms with Crippen molar-refractivity contribution in [2.75, 3.05) is 13.6 Å². The molecule has 1 saturated carbocycles. The first-order valence-electron chi connectivity index (χ1n) is 6.38. The number of nitrogens with one attached hydrogen (secondary N) is 1. The Hall–Kier alpha value is -0.610. The van der Waals surface area contributed by atoms with E-state index in [0.29, 0.717) is 0 Å². The van der Waals surface area contributed by atoms with E-state index in [2.05, 4.69) is 5.32 Å². The maximum Gasteiger partial charge on any atom is 0.239 e. The average molecular weight is 226 g/mol. The van der Waals surface area contributed by atoms with Gasteiger partial charge in [0.1, 0.15) is 0 Å². The third-order valence-corrected chi connectivity index (χ3v) is 3.90. The zero-order valence-electron chi connectivity index (χ0n) is 9.98. The van der Waals surface area contributed by atoms with Crippen LogP contribution in [0.5, 0.6) is 0 Å². The monoisotopic (exact) mass is 226 g/mol. The molecule has 0 radical (unpaired) electrons. The van der Waals surface area contributed by atoms with Gasteiger partial charge in [-0.05, 0) is 32.2 Å². The molecule has 1 aliphatic carbocycles. The van der Waals surface area contributed by atoms with Gasteiger partial charge in [-0.15, -0.1) is 0 Å². The smallest absolute Gasteiger partial charge is 0.239 e. The van der Waals surface area contributed by atoms with Crippen molar-refractivity contribution in [3.05, 3.63) is 0 Å². The van der Waals surface area contributed by atoms with E-state index in [1.807, 2.05) is 7.05 Å². The largest absolute Gasteiger partial charge is 0.391 e. The zero-order chi connectivity index (χ0) is 11.5. The van der Waals surface area contributed by atoms with Gasteiger partial charge in [0.25, 0.3) is 0 Å². The summed E-state index contributed by atoms with van der Waals surface area (Å²) in [5.41, 5.74) is 0. The van der Waals surface area contributed by atoms with E-state index in [0.717, 1.165) is 45.1 Å². The highest BCUT2D eigenvalue weighted by Crippen LogP contribution is 2.23. The Balaban J connectivity index is 1.94. The van der Waals surface area contributed by atoms with Crippen molar-refractivity contribution in [1.82, 2.24) is 10.2 Å². The fourth-order valence-electron chi connectivity index (χ4n) is 2.85. The summed E-state index contributed by atoms with van der Waals surface area (Å²) in [4.78, 5) is 13.9. The Morgan fingerprint density at radius 1 is 1.25 bits per heavy atom. The molecule has 2 fully saturated rings. The molecular formula is C12H22N2O2. The summed E-state index contributed by atoms with van der Waals surface area (Å²) < 4.78 is 0. The fourth-order valence-corrected chi connectivity index (χ4v) is 2.85. The molecule has 0 aromatic rings. The van der Waals surface area contributed by atoms with Gasteiger partial charge >= 0.3 is 0 Å². The van der Waals surface area contributed by atoms with Crippen LogP contribution in [0.2, 0.25) is 0 Å². The summed E-state index contributed by atoms with van der Waals surface area (Å²) in [7, 11) is 1.83. The van der Waals surface area contributed by atoms with Crippen LogP contribution < -0.4 is 5.32 Å². The van der Waals surface area contributed by atoms with Gasteiger partial charge in [-0.2, -0.15) is 0 Å². The van der Waals surface area contributed by atoms with Crippen LogP contribution in [0.15, 0.2) is 0 Å². The number of amides is 1. The lowest BCUT2D eigenvalue weighted by Crippen LogP contribution is -2.51. The summed E-state index contributed by atoms with van der Waals surface area (Å²) in [6.07, 6.45) is 5.67. The van der Waals surface area contributed by atoms with E-state index >= 15 is 0 Å². The topological polar surface area (TPSA) is 52.6 Å². The van der Waals surface area contributed by atoms with Gasteiger partial charge < -0.3 is 15.3 Å². The van der Waals surface area contributed by atoms with Gasteiger partial charge in [0, 0.05) is 7.05 Å². The van der Waals surface area contributed by atoms with Gasteiger partial charge in [0.05, 0.1) is 18.2 Å². The molecule has 0 spiro atoms. The zero-order valence-corrected chi connectivity index (χ0v) is 9.98. The summed E-state index contributed by atoms with van der Waals surface area (Å²) in [6, 6.07) is 0.0165. The van der Waals surface area contributed by atoms with Crippen molar-refractivity contribution in [1.29, 1.82) is 0 Å². The normalized spacial score (nSPS) is 35.0. The molecule has 2 N–H and O–H groups in total. The fraction of sp³-hybridized carbons (Fsp3) is 0.917. The lowest BCUT2D eigenvalue weighted by Gasteiger charge is -2.36. The SMILES string of the molecule is CN(C(=O)[C@@H]1CCCN1)C1CCCCC1O. The molecule has 1 aliphatic heterocycles. The molecule has 3 atom stereocenters. The minimum absolute atomic E-state index is 0.0147. The summed E-state index contributed by atoms with van der Waals surface area (Å²) in [6.45, 7) is 0.942. The van der Waals surface area contributed by atoms with Gasteiger partial charge in [0.15, 0.2) is 0 Å². The minimum Gasteiger partial charge on any atom is -0.391 e. The summed E-state index contributed by atoms with van der Waals surface area (Å²) in [5, 5.41) is 13.1. The number of carbonyl (C=O) groups is 1. The lowest BCUT2D eigenvalue weighted by atomic mass is 9.91. The van der Waals surface area contributed by atoms with Crippen LogP contribution >= 0.6 is 0 Å². The predicted molar refractivity (Wildman–Crippen MR) is 62.1 cm³/mol. The summed E-state index contributed by atoms with van der Waals surface area (Å²) >= 11 is 0. The van der Waals surface area contributed by atoms with E-state index < -0.39 is 0 Å². The standard InChI is InChI=1S/C12H22N2O2/c1-14(10-6-2-3-7-11(10)15)12(16)9-5-4-8-13-9/h9-11,13,15H,2-8H2,1H3/t9-,10?,11?/m0/s1. The first kappa shape index (κ1) is 11.9. The Morgan fingerprint density at radius 3 is 2.62 bits per heavy atom. The number of hydrogen-bond acceptors (Lipinski definition) is 3. The molecule has 92 valence electrons. The van der Waals surface area contributed by atoms with Crippen molar-refractivity contribution in [2.24, 2.45) is 0 Å². The maximum absolute atomic E-state index is 12.1. The molecule has 2 rings (SSSR count). The Morgan fingerprint density at radius 2 is 2.00 bits per heavy atom. The van der Waals surface area contributed by atoms with Gasteiger partial charge in [-0.3, -0.25) is 4.79 Å². The molecular weight excluding hydrogens is 204 g/mol. The van der Waals surface area contributed by atoms with Gasteiger partial charge in [-0.25, -0.2) is 0 Å². The molecule has 0 aromatic carbocycles. The first-order chi connectivity index (χ1) is 7.70.